The van der Waals surface area contributed by atoms with Crippen LogP contribution in [0.15, 0.2) is 206 Å². The van der Waals surface area contributed by atoms with Crippen molar-refractivity contribution in [3.05, 3.63) is 229 Å². The highest BCUT2D eigenvalue weighted by Crippen LogP contribution is 2.41. The number of aromatic nitrogens is 2. The second-order valence-corrected chi connectivity index (χ2v) is 16.2. The molecule has 2 heterocycles. The van der Waals surface area contributed by atoms with Crippen LogP contribution < -0.4 is 0 Å². The third-order valence-corrected chi connectivity index (χ3v) is 12.1. The zero-order valence-corrected chi connectivity index (χ0v) is 35.0. The number of benzene rings is 8. The summed E-state index contributed by atoms with van der Waals surface area (Å²) in [5.41, 5.74) is 19.8. The van der Waals surface area contributed by atoms with E-state index >= 15 is 0 Å². The highest BCUT2D eigenvalue weighted by Gasteiger charge is 2.17. The number of aryl methyl sites for hydroxylation is 4. The molecule has 0 aliphatic carbocycles. The highest BCUT2D eigenvalue weighted by atomic mass is 15.0. The molecule has 61 heavy (non-hydrogen) atoms. The van der Waals surface area contributed by atoms with Crippen molar-refractivity contribution in [2.45, 2.75) is 27.7 Å². The van der Waals surface area contributed by atoms with Gasteiger partial charge in [0.05, 0.1) is 16.7 Å². The molecule has 0 radical (unpaired) electrons. The van der Waals surface area contributed by atoms with Gasteiger partial charge >= 0.3 is 0 Å². The van der Waals surface area contributed by atoms with E-state index in [9.17, 15) is 0 Å². The molecular formula is C59H46N2. The van der Waals surface area contributed by atoms with Crippen LogP contribution >= 0.6 is 0 Å². The van der Waals surface area contributed by atoms with Crippen LogP contribution in [-0.2, 0) is 0 Å². The summed E-state index contributed by atoms with van der Waals surface area (Å²) in [5, 5.41) is 4.92. The van der Waals surface area contributed by atoms with Crippen LogP contribution in [0, 0.1) is 27.7 Å². The van der Waals surface area contributed by atoms with Crippen LogP contribution in [0.1, 0.15) is 22.4 Å². The molecule has 0 bridgehead atoms. The van der Waals surface area contributed by atoms with Gasteiger partial charge in [0.15, 0.2) is 0 Å². The summed E-state index contributed by atoms with van der Waals surface area (Å²) in [7, 11) is 0. The molecule has 10 rings (SSSR count). The first-order valence-electron chi connectivity index (χ1n) is 21.1. The smallest absolute Gasteiger partial charge is 0.0783 e. The van der Waals surface area contributed by atoms with Gasteiger partial charge in [0, 0.05) is 33.3 Å². The second kappa shape index (κ2) is 15.9. The molecule has 10 aromatic rings. The maximum atomic E-state index is 5.32. The molecule has 0 aliphatic heterocycles. The van der Waals surface area contributed by atoms with Crippen LogP contribution in [0.2, 0.25) is 0 Å². The molecule has 8 aromatic carbocycles. The van der Waals surface area contributed by atoms with Gasteiger partial charge in [-0.2, -0.15) is 0 Å². The van der Waals surface area contributed by atoms with E-state index in [0.717, 1.165) is 28.1 Å². The fourth-order valence-corrected chi connectivity index (χ4v) is 9.06. The van der Waals surface area contributed by atoms with Crippen LogP contribution in [-0.4, -0.2) is 9.55 Å². The lowest BCUT2D eigenvalue weighted by atomic mass is 9.87. The van der Waals surface area contributed by atoms with Gasteiger partial charge in [0.25, 0.3) is 0 Å². The van der Waals surface area contributed by atoms with Gasteiger partial charge in [-0.25, -0.2) is 0 Å². The summed E-state index contributed by atoms with van der Waals surface area (Å²) in [4.78, 5) is 5.32. The minimum atomic E-state index is 0.952. The standard InChI is InChI=1S/C59H46N2/c1-39-26-28-47(48-34-35-57-55(38-48)52-23-13-14-25-56(52)61(57)49-20-9-6-10-21-49)37-53(39)58-40(2)16-15-24-51(58)45-30-32-46(33-31-45)59-54(43-17-7-5-8-18-43)36-41(3)50-22-12-11-19-44(50)29-27-42(4)60-59/h5-38H,1-4H3. The Hall–Kier alpha value is -7.55. The van der Waals surface area contributed by atoms with Crippen molar-refractivity contribution >= 4 is 32.6 Å². The van der Waals surface area contributed by atoms with Gasteiger partial charge in [-0.3, -0.25) is 4.98 Å². The van der Waals surface area contributed by atoms with Crippen molar-refractivity contribution in [3.8, 4) is 61.5 Å². The number of para-hydroxylation sites is 2. The normalized spacial score (nSPS) is 11.3. The zero-order valence-electron chi connectivity index (χ0n) is 35.0. The van der Waals surface area contributed by atoms with Gasteiger partial charge in [-0.15, -0.1) is 0 Å². The Kier molecular flexibility index (Phi) is 9.83. The number of fused-ring (bicyclic) bond motifs is 4. The minimum absolute atomic E-state index is 0.952. The molecular weight excluding hydrogens is 737 g/mol. The number of nitrogens with zero attached hydrogens (tertiary/aromatic N) is 2. The van der Waals surface area contributed by atoms with Crippen LogP contribution in [0.25, 0.3) is 94.0 Å². The topological polar surface area (TPSA) is 17.8 Å². The van der Waals surface area contributed by atoms with Gasteiger partial charge in [0.2, 0.25) is 0 Å². The Morgan fingerprint density at radius 1 is 0.344 bits per heavy atom. The van der Waals surface area contributed by atoms with Crippen molar-refractivity contribution in [2.24, 2.45) is 0 Å². The van der Waals surface area contributed by atoms with Gasteiger partial charge < -0.3 is 4.57 Å². The Morgan fingerprint density at radius 3 is 1.77 bits per heavy atom. The molecule has 2 heteroatoms. The van der Waals surface area contributed by atoms with Crippen molar-refractivity contribution in [1.29, 1.82) is 0 Å². The van der Waals surface area contributed by atoms with Crippen molar-refractivity contribution in [2.75, 3.05) is 0 Å². The molecule has 2 nitrogen and oxygen atoms in total. The first-order valence-corrected chi connectivity index (χ1v) is 21.1. The molecule has 0 fully saturated rings. The van der Waals surface area contributed by atoms with Crippen molar-refractivity contribution in [3.63, 3.8) is 0 Å². The average molecular weight is 783 g/mol. The van der Waals surface area contributed by atoms with Crippen molar-refractivity contribution < 1.29 is 0 Å². The molecule has 0 aliphatic rings. The largest absolute Gasteiger partial charge is 0.309 e. The van der Waals surface area contributed by atoms with Gasteiger partial charge in [-0.05, 0) is 143 Å². The van der Waals surface area contributed by atoms with E-state index in [-0.39, 0.29) is 0 Å². The Balaban J connectivity index is 1.08. The van der Waals surface area contributed by atoms with E-state index in [0.29, 0.717) is 0 Å². The van der Waals surface area contributed by atoms with E-state index in [4.69, 9.17) is 4.98 Å². The molecule has 0 spiro atoms. The minimum Gasteiger partial charge on any atom is -0.309 e. The third-order valence-electron chi connectivity index (χ3n) is 12.1. The summed E-state index contributed by atoms with van der Waals surface area (Å²) >= 11 is 0. The molecule has 0 amide bonds. The average Bonchev–Trinajstić information content (AvgIpc) is 3.64. The quantitative estimate of drug-likeness (QED) is 0.164. The maximum absolute atomic E-state index is 5.32. The van der Waals surface area contributed by atoms with E-state index in [1.807, 2.05) is 0 Å². The predicted octanol–water partition coefficient (Wildman–Crippen LogP) is 16.0. The van der Waals surface area contributed by atoms with Crippen LogP contribution in [0.3, 0.4) is 0 Å². The molecule has 292 valence electrons. The lowest BCUT2D eigenvalue weighted by molar-refractivity contribution is 1.18. The molecule has 0 atom stereocenters. The van der Waals surface area contributed by atoms with Crippen LogP contribution in [0.4, 0.5) is 0 Å². The second-order valence-electron chi connectivity index (χ2n) is 16.2. The predicted molar refractivity (Wildman–Crippen MR) is 260 cm³/mol. The molecule has 0 saturated carbocycles. The number of hydrogen-bond acceptors (Lipinski definition) is 1. The van der Waals surface area contributed by atoms with E-state index < -0.39 is 0 Å². The third kappa shape index (κ3) is 7.07. The lowest BCUT2D eigenvalue weighted by Gasteiger charge is -2.17. The number of hydrogen-bond donors (Lipinski definition) is 0. The van der Waals surface area contributed by atoms with Crippen molar-refractivity contribution in [1.82, 2.24) is 9.55 Å². The summed E-state index contributed by atoms with van der Waals surface area (Å²) in [6.45, 7) is 8.76. The Morgan fingerprint density at radius 2 is 0.967 bits per heavy atom. The SMILES string of the molecule is Cc1ccc2ccccc2c(C)cc(-c2ccccc2)c(-c2ccc(-c3cccc(C)c3-c3cc(-c4ccc5c(c4)c4ccccc4n5-c4ccccc4)ccc3C)cc2)n1. The van der Waals surface area contributed by atoms with Gasteiger partial charge in [-0.1, -0.05) is 158 Å². The summed E-state index contributed by atoms with van der Waals surface area (Å²) in [5.74, 6) is 0. The van der Waals surface area contributed by atoms with Gasteiger partial charge in [0.1, 0.15) is 0 Å². The lowest BCUT2D eigenvalue weighted by Crippen LogP contribution is -1.94. The molecule has 0 saturated heterocycles. The van der Waals surface area contributed by atoms with E-state index in [1.54, 1.807) is 0 Å². The fourth-order valence-electron chi connectivity index (χ4n) is 9.06. The number of rotatable bonds is 6. The molecule has 2 aromatic heterocycles. The first kappa shape index (κ1) is 37.7. The zero-order chi connectivity index (χ0) is 41.5. The first-order chi connectivity index (χ1) is 29.9. The van der Waals surface area contributed by atoms with E-state index in [1.165, 1.54) is 88.3 Å². The molecule has 0 unspecified atom stereocenters. The Labute approximate surface area is 358 Å². The summed E-state index contributed by atoms with van der Waals surface area (Å²) in [6.07, 6.45) is 0. The Bertz CT molecular complexity index is 3320. The molecule has 0 N–H and O–H groups in total. The monoisotopic (exact) mass is 782 g/mol. The maximum Gasteiger partial charge on any atom is 0.0783 e. The highest BCUT2D eigenvalue weighted by molar-refractivity contribution is 6.10. The summed E-state index contributed by atoms with van der Waals surface area (Å²) in [6, 6.07) is 74.8. The summed E-state index contributed by atoms with van der Waals surface area (Å²) < 4.78 is 2.38. The van der Waals surface area contributed by atoms with E-state index in [2.05, 4.69) is 239 Å². The van der Waals surface area contributed by atoms with Crippen LogP contribution in [0.5, 0.6) is 0 Å². The fraction of sp³-hybridized carbons (Fsp3) is 0.0678.